The highest BCUT2D eigenvalue weighted by molar-refractivity contribution is 8.00. The Morgan fingerprint density at radius 3 is 2.35 bits per heavy atom. The fourth-order valence-corrected chi connectivity index (χ4v) is 3.20. The zero-order valence-electron chi connectivity index (χ0n) is 14.3. The van der Waals surface area contributed by atoms with E-state index in [1.807, 2.05) is 0 Å². The van der Waals surface area contributed by atoms with E-state index in [1.54, 1.807) is 55.5 Å². The van der Waals surface area contributed by atoms with Crippen molar-refractivity contribution >= 4 is 41.0 Å². The lowest BCUT2D eigenvalue weighted by atomic mass is 10.2. The molecule has 0 aliphatic heterocycles. The van der Waals surface area contributed by atoms with Gasteiger partial charge in [0.25, 0.3) is 5.91 Å². The summed E-state index contributed by atoms with van der Waals surface area (Å²) in [6.07, 6.45) is 0. The number of ether oxygens (including phenoxy) is 1. The molecule has 0 heterocycles. The number of hydrogen-bond acceptors (Lipinski definition) is 5. The molecule has 0 aromatic heterocycles. The van der Waals surface area contributed by atoms with Gasteiger partial charge in [0.05, 0.1) is 12.7 Å². The van der Waals surface area contributed by atoms with Crippen molar-refractivity contribution < 1.29 is 19.1 Å². The Morgan fingerprint density at radius 1 is 1.04 bits per heavy atom. The number of benzene rings is 2. The van der Waals surface area contributed by atoms with Gasteiger partial charge in [-0.15, -0.1) is 11.8 Å². The van der Waals surface area contributed by atoms with Crippen LogP contribution >= 0.6 is 11.8 Å². The van der Waals surface area contributed by atoms with Crippen LogP contribution in [-0.2, 0) is 9.53 Å². The first kappa shape index (κ1) is 19.3. The largest absolute Gasteiger partial charge is 0.468 e. The van der Waals surface area contributed by atoms with Crippen LogP contribution in [0.4, 0.5) is 16.2 Å². The van der Waals surface area contributed by atoms with Gasteiger partial charge in [-0.25, -0.2) is 4.79 Å². The third-order valence-corrected chi connectivity index (χ3v) is 4.51. The second-order valence-corrected chi connectivity index (χ2v) is 6.69. The molecule has 0 aliphatic rings. The summed E-state index contributed by atoms with van der Waals surface area (Å²) in [5.41, 5.74) is 6.49. The smallest absolute Gasteiger partial charge is 0.318 e. The quantitative estimate of drug-likeness (QED) is 0.532. The van der Waals surface area contributed by atoms with Crippen LogP contribution in [0.3, 0.4) is 0 Å². The van der Waals surface area contributed by atoms with Crippen LogP contribution in [0.25, 0.3) is 0 Å². The fraction of sp³-hybridized carbons (Fsp3) is 0.167. The van der Waals surface area contributed by atoms with Gasteiger partial charge >= 0.3 is 12.0 Å². The number of primary amides is 1. The number of thioether (sulfide) groups is 1. The monoisotopic (exact) mass is 373 g/mol. The molecule has 0 saturated heterocycles. The number of carbonyl (C=O) groups is 3. The summed E-state index contributed by atoms with van der Waals surface area (Å²) in [6, 6.07) is 12.9. The van der Waals surface area contributed by atoms with Gasteiger partial charge in [-0.1, -0.05) is 18.2 Å². The lowest BCUT2D eigenvalue weighted by Gasteiger charge is -2.13. The van der Waals surface area contributed by atoms with Gasteiger partial charge in [-0.3, -0.25) is 9.59 Å². The fourth-order valence-electron chi connectivity index (χ4n) is 2.18. The highest BCUT2D eigenvalue weighted by atomic mass is 32.2. The van der Waals surface area contributed by atoms with Gasteiger partial charge in [0, 0.05) is 16.3 Å². The predicted octanol–water partition coefficient (Wildman–Crippen LogP) is 3.08. The summed E-state index contributed by atoms with van der Waals surface area (Å²) in [7, 11) is 1.32. The maximum absolute atomic E-state index is 12.6. The van der Waals surface area contributed by atoms with E-state index < -0.39 is 11.3 Å². The molecule has 0 spiro atoms. The Morgan fingerprint density at radius 2 is 1.69 bits per heavy atom. The topological polar surface area (TPSA) is 111 Å². The van der Waals surface area contributed by atoms with Crippen molar-refractivity contribution in [2.24, 2.45) is 5.73 Å². The van der Waals surface area contributed by atoms with E-state index in [0.717, 1.165) is 0 Å². The first-order valence-electron chi connectivity index (χ1n) is 7.72. The summed E-state index contributed by atoms with van der Waals surface area (Å²) < 4.78 is 4.72. The van der Waals surface area contributed by atoms with Crippen LogP contribution in [0, 0.1) is 0 Å². The summed E-state index contributed by atoms with van der Waals surface area (Å²) >= 11 is 1.24. The van der Waals surface area contributed by atoms with E-state index in [9.17, 15) is 14.4 Å². The molecule has 8 heteroatoms. The Bertz CT molecular complexity index is 826. The van der Waals surface area contributed by atoms with Crippen molar-refractivity contribution in [3.63, 3.8) is 0 Å². The average Bonchev–Trinajstić information content (AvgIpc) is 2.61. The standard InChI is InChI=1S/C18H19N3O4S/c1-11(17(23)25-2)26-15-9-4-3-8-14(15)16(22)20-12-6-5-7-13(10-12)21-18(19)24/h3-11H,1-2H3,(H,20,22)(H3,19,21,24). The van der Waals surface area contributed by atoms with Gasteiger partial charge in [0.2, 0.25) is 0 Å². The summed E-state index contributed by atoms with van der Waals surface area (Å²) in [5.74, 6) is -0.697. The Kier molecular flexibility index (Phi) is 6.62. The molecule has 0 bridgehead atoms. The molecule has 26 heavy (non-hydrogen) atoms. The molecule has 2 aromatic rings. The van der Waals surface area contributed by atoms with Crippen LogP contribution in [-0.4, -0.2) is 30.3 Å². The van der Waals surface area contributed by atoms with E-state index in [0.29, 0.717) is 21.8 Å². The van der Waals surface area contributed by atoms with E-state index >= 15 is 0 Å². The number of carbonyl (C=O) groups excluding carboxylic acids is 3. The molecular formula is C18H19N3O4S. The predicted molar refractivity (Wildman–Crippen MR) is 101 cm³/mol. The van der Waals surface area contributed by atoms with Crippen molar-refractivity contribution in [2.75, 3.05) is 17.7 Å². The van der Waals surface area contributed by atoms with Crippen LogP contribution in [0.1, 0.15) is 17.3 Å². The van der Waals surface area contributed by atoms with Crippen LogP contribution in [0.15, 0.2) is 53.4 Å². The molecule has 0 radical (unpaired) electrons. The summed E-state index contributed by atoms with van der Waals surface area (Å²) in [4.78, 5) is 35.9. The number of nitrogens with two attached hydrogens (primary N) is 1. The average molecular weight is 373 g/mol. The number of urea groups is 1. The van der Waals surface area contributed by atoms with Crippen LogP contribution in [0.2, 0.25) is 0 Å². The first-order chi connectivity index (χ1) is 12.4. The minimum absolute atomic E-state index is 0.332. The number of hydrogen-bond donors (Lipinski definition) is 3. The van der Waals surface area contributed by atoms with Gasteiger partial charge in [0.15, 0.2) is 0 Å². The molecule has 1 atom stereocenters. The van der Waals surface area contributed by atoms with Crippen molar-refractivity contribution in [1.82, 2.24) is 0 Å². The second kappa shape index (κ2) is 8.91. The molecule has 7 nitrogen and oxygen atoms in total. The molecule has 1 unspecified atom stereocenters. The molecule has 0 fully saturated rings. The Balaban J connectivity index is 2.17. The van der Waals surface area contributed by atoms with Gasteiger partial charge in [0.1, 0.15) is 5.25 Å². The highest BCUT2D eigenvalue weighted by Gasteiger charge is 2.19. The number of anilines is 2. The molecule has 136 valence electrons. The van der Waals surface area contributed by atoms with E-state index in [4.69, 9.17) is 10.5 Å². The van der Waals surface area contributed by atoms with Gasteiger partial charge < -0.3 is 21.1 Å². The summed E-state index contributed by atoms with van der Waals surface area (Å²) in [6.45, 7) is 1.71. The number of esters is 1. The third kappa shape index (κ3) is 5.25. The lowest BCUT2D eigenvalue weighted by Crippen LogP contribution is -2.19. The van der Waals surface area contributed by atoms with Crippen molar-refractivity contribution in [3.8, 4) is 0 Å². The number of amides is 3. The SMILES string of the molecule is COC(=O)C(C)Sc1ccccc1C(=O)Nc1cccc(NC(N)=O)c1. The van der Waals surface area contributed by atoms with E-state index in [2.05, 4.69) is 10.6 Å². The van der Waals surface area contributed by atoms with Crippen LogP contribution < -0.4 is 16.4 Å². The zero-order chi connectivity index (χ0) is 19.1. The van der Waals surface area contributed by atoms with E-state index in [1.165, 1.54) is 18.9 Å². The van der Waals surface area contributed by atoms with Gasteiger partial charge in [-0.2, -0.15) is 0 Å². The highest BCUT2D eigenvalue weighted by Crippen LogP contribution is 2.28. The Labute approximate surface area is 155 Å². The lowest BCUT2D eigenvalue weighted by molar-refractivity contribution is -0.139. The number of methoxy groups -OCH3 is 1. The Hall–Kier alpha value is -3.00. The second-order valence-electron chi connectivity index (χ2n) is 5.30. The molecule has 2 rings (SSSR count). The molecule has 0 aliphatic carbocycles. The normalized spacial score (nSPS) is 11.3. The van der Waals surface area contributed by atoms with Gasteiger partial charge in [-0.05, 0) is 37.3 Å². The minimum atomic E-state index is -0.688. The maximum atomic E-state index is 12.6. The number of nitrogens with one attached hydrogen (secondary N) is 2. The van der Waals surface area contributed by atoms with Crippen molar-refractivity contribution in [1.29, 1.82) is 0 Å². The minimum Gasteiger partial charge on any atom is -0.468 e. The van der Waals surface area contributed by atoms with Crippen molar-refractivity contribution in [3.05, 3.63) is 54.1 Å². The molecule has 3 amide bonds. The summed E-state index contributed by atoms with van der Waals surface area (Å²) in [5, 5.41) is 4.77. The zero-order valence-corrected chi connectivity index (χ0v) is 15.1. The van der Waals surface area contributed by atoms with Crippen molar-refractivity contribution in [2.45, 2.75) is 17.1 Å². The third-order valence-electron chi connectivity index (χ3n) is 3.36. The molecule has 4 N–H and O–H groups in total. The van der Waals surface area contributed by atoms with Crippen LogP contribution in [0.5, 0.6) is 0 Å². The van der Waals surface area contributed by atoms with E-state index in [-0.39, 0.29) is 11.9 Å². The maximum Gasteiger partial charge on any atom is 0.318 e. The molecule has 0 saturated carbocycles. The molecular weight excluding hydrogens is 354 g/mol. The molecule has 2 aromatic carbocycles. The first-order valence-corrected chi connectivity index (χ1v) is 8.60. The number of rotatable bonds is 6.